The Labute approximate surface area is 69.3 Å². The zero-order valence-corrected chi connectivity index (χ0v) is 6.97. The summed E-state index contributed by atoms with van der Waals surface area (Å²) in [5.74, 6) is 0. The van der Waals surface area contributed by atoms with Crippen molar-refractivity contribution in [1.82, 2.24) is 9.97 Å². The number of aromatic nitrogens is 2. The molecular weight excluding hydrogens is 160 g/mol. The highest BCUT2D eigenvalue weighted by Gasteiger charge is 1.95. The summed E-state index contributed by atoms with van der Waals surface area (Å²) in [6, 6.07) is 1.74. The highest BCUT2D eigenvalue weighted by molar-refractivity contribution is 7.98. The fourth-order valence-electron chi connectivity index (χ4n) is 0.673. The van der Waals surface area contributed by atoms with E-state index in [1.807, 2.05) is 6.26 Å². The molecule has 0 aliphatic rings. The molecule has 4 heteroatoms. The number of hydrogen-bond acceptors (Lipinski definition) is 4. The van der Waals surface area contributed by atoms with Gasteiger partial charge in [-0.25, -0.2) is 9.97 Å². The summed E-state index contributed by atoms with van der Waals surface area (Å²) in [6.07, 6.45) is 4.78. The minimum absolute atomic E-state index is 0.371. The van der Waals surface area contributed by atoms with Gasteiger partial charge in [-0.15, -0.1) is 0 Å². The van der Waals surface area contributed by atoms with Crippen molar-refractivity contribution < 1.29 is 4.79 Å². The van der Waals surface area contributed by atoms with Gasteiger partial charge in [-0.05, 0) is 12.3 Å². The van der Waals surface area contributed by atoms with Crippen molar-refractivity contribution in [2.24, 2.45) is 0 Å². The maximum atomic E-state index is 10.1. The van der Waals surface area contributed by atoms with Crippen molar-refractivity contribution in [2.75, 3.05) is 6.26 Å². The van der Waals surface area contributed by atoms with Crippen molar-refractivity contribution in [1.29, 1.82) is 0 Å². The van der Waals surface area contributed by atoms with Gasteiger partial charge in [0.15, 0.2) is 5.16 Å². The van der Waals surface area contributed by atoms with E-state index in [-0.39, 0.29) is 0 Å². The standard InChI is InChI=1S/C7H8N2OS/c1-11-7-8-4-2-6(9-7)3-5-10/h2,4-5H,3H2,1H3. The molecule has 0 unspecified atom stereocenters. The first-order valence-corrected chi connectivity index (χ1v) is 4.39. The fourth-order valence-corrected chi connectivity index (χ4v) is 1.05. The number of thioether (sulfide) groups is 1. The predicted molar refractivity (Wildman–Crippen MR) is 43.6 cm³/mol. The van der Waals surface area contributed by atoms with Crippen LogP contribution in [0.5, 0.6) is 0 Å². The molecule has 0 aliphatic carbocycles. The van der Waals surface area contributed by atoms with E-state index >= 15 is 0 Å². The molecule has 1 rings (SSSR count). The van der Waals surface area contributed by atoms with Gasteiger partial charge >= 0.3 is 0 Å². The molecule has 0 amide bonds. The van der Waals surface area contributed by atoms with Crippen LogP contribution in [0.15, 0.2) is 17.4 Å². The molecular formula is C7H8N2OS. The van der Waals surface area contributed by atoms with Gasteiger partial charge in [0.2, 0.25) is 0 Å². The van der Waals surface area contributed by atoms with Crippen LogP contribution in [0, 0.1) is 0 Å². The summed E-state index contributed by atoms with van der Waals surface area (Å²) in [5.41, 5.74) is 0.777. The Hall–Kier alpha value is -0.900. The first-order chi connectivity index (χ1) is 5.36. The van der Waals surface area contributed by atoms with Gasteiger partial charge in [0.25, 0.3) is 0 Å². The number of carbonyl (C=O) groups is 1. The molecule has 1 aromatic heterocycles. The monoisotopic (exact) mass is 168 g/mol. The van der Waals surface area contributed by atoms with E-state index in [1.165, 1.54) is 11.8 Å². The summed E-state index contributed by atoms with van der Waals surface area (Å²) in [4.78, 5) is 18.2. The van der Waals surface area contributed by atoms with E-state index in [0.717, 1.165) is 12.0 Å². The van der Waals surface area contributed by atoms with Gasteiger partial charge in [0.05, 0.1) is 5.69 Å². The number of hydrogen-bond donors (Lipinski definition) is 0. The Morgan fingerprint density at radius 3 is 3.18 bits per heavy atom. The SMILES string of the molecule is CSc1nccc(CC=O)n1. The highest BCUT2D eigenvalue weighted by atomic mass is 32.2. The first kappa shape index (κ1) is 8.20. The molecule has 0 bridgehead atoms. The summed E-state index contributed by atoms with van der Waals surface area (Å²) in [5, 5.41) is 0.712. The predicted octanol–water partition coefficient (Wildman–Crippen LogP) is 0.940. The Bertz CT molecular complexity index is 252. The molecule has 0 aliphatic heterocycles. The zero-order valence-electron chi connectivity index (χ0n) is 6.15. The van der Waals surface area contributed by atoms with E-state index in [9.17, 15) is 4.79 Å². The first-order valence-electron chi connectivity index (χ1n) is 3.16. The van der Waals surface area contributed by atoms with E-state index < -0.39 is 0 Å². The molecule has 0 fully saturated rings. The van der Waals surface area contributed by atoms with E-state index in [0.29, 0.717) is 11.6 Å². The number of nitrogens with zero attached hydrogens (tertiary/aromatic N) is 2. The molecule has 0 aromatic carbocycles. The van der Waals surface area contributed by atoms with Crippen molar-refractivity contribution in [2.45, 2.75) is 11.6 Å². The third kappa shape index (κ3) is 2.31. The van der Waals surface area contributed by atoms with Crippen LogP contribution in [0.25, 0.3) is 0 Å². The zero-order chi connectivity index (χ0) is 8.10. The number of rotatable bonds is 3. The summed E-state index contributed by atoms with van der Waals surface area (Å²) >= 11 is 1.47. The molecule has 3 nitrogen and oxygen atoms in total. The second kappa shape index (κ2) is 4.08. The van der Waals surface area contributed by atoms with Gasteiger partial charge in [0.1, 0.15) is 6.29 Å². The molecule has 11 heavy (non-hydrogen) atoms. The van der Waals surface area contributed by atoms with Crippen molar-refractivity contribution in [3.8, 4) is 0 Å². The van der Waals surface area contributed by atoms with E-state index in [2.05, 4.69) is 9.97 Å². The molecule has 58 valence electrons. The van der Waals surface area contributed by atoms with Gasteiger partial charge < -0.3 is 4.79 Å². The molecule has 0 N–H and O–H groups in total. The third-order valence-corrected chi connectivity index (χ3v) is 1.73. The van der Waals surface area contributed by atoms with E-state index in [4.69, 9.17) is 0 Å². The third-order valence-electron chi connectivity index (χ3n) is 1.17. The molecule has 0 atom stereocenters. The largest absolute Gasteiger partial charge is 0.303 e. The van der Waals surface area contributed by atoms with Crippen LogP contribution in [-0.2, 0) is 11.2 Å². The lowest BCUT2D eigenvalue weighted by atomic mass is 10.3. The van der Waals surface area contributed by atoms with Crippen LogP contribution in [0.4, 0.5) is 0 Å². The summed E-state index contributed by atoms with van der Waals surface area (Å²) < 4.78 is 0. The highest BCUT2D eigenvalue weighted by Crippen LogP contribution is 2.06. The number of carbonyl (C=O) groups excluding carboxylic acids is 1. The average molecular weight is 168 g/mol. The molecule has 0 radical (unpaired) electrons. The smallest absolute Gasteiger partial charge is 0.187 e. The van der Waals surface area contributed by atoms with Crippen LogP contribution >= 0.6 is 11.8 Å². The molecule has 0 saturated heterocycles. The van der Waals surface area contributed by atoms with Crippen LogP contribution < -0.4 is 0 Å². The minimum atomic E-state index is 0.371. The minimum Gasteiger partial charge on any atom is -0.303 e. The Morgan fingerprint density at radius 2 is 2.55 bits per heavy atom. The van der Waals surface area contributed by atoms with Crippen LogP contribution in [0.3, 0.4) is 0 Å². The lowest BCUT2D eigenvalue weighted by Gasteiger charge is -1.95. The maximum absolute atomic E-state index is 10.1. The lowest BCUT2D eigenvalue weighted by molar-refractivity contribution is -0.107. The average Bonchev–Trinajstić information content (AvgIpc) is 2.06. The van der Waals surface area contributed by atoms with Crippen LogP contribution in [0.1, 0.15) is 5.69 Å². The molecule has 0 saturated carbocycles. The summed E-state index contributed by atoms with van der Waals surface area (Å²) in [7, 11) is 0. The van der Waals surface area contributed by atoms with E-state index in [1.54, 1.807) is 12.3 Å². The van der Waals surface area contributed by atoms with Crippen molar-refractivity contribution in [3.05, 3.63) is 18.0 Å². The van der Waals surface area contributed by atoms with Gasteiger partial charge in [-0.1, -0.05) is 11.8 Å². The van der Waals surface area contributed by atoms with Crippen LogP contribution in [0.2, 0.25) is 0 Å². The maximum Gasteiger partial charge on any atom is 0.187 e. The van der Waals surface area contributed by atoms with Gasteiger partial charge in [-0.3, -0.25) is 0 Å². The number of aldehydes is 1. The molecule has 1 heterocycles. The Balaban J connectivity index is 2.82. The normalized spacial score (nSPS) is 9.55. The second-order valence-electron chi connectivity index (χ2n) is 1.91. The van der Waals surface area contributed by atoms with Crippen molar-refractivity contribution >= 4 is 18.0 Å². The summed E-state index contributed by atoms with van der Waals surface area (Å²) in [6.45, 7) is 0. The molecule has 1 aromatic rings. The lowest BCUT2D eigenvalue weighted by Crippen LogP contribution is -1.93. The Kier molecular flexibility index (Phi) is 3.04. The second-order valence-corrected chi connectivity index (χ2v) is 2.68. The topological polar surface area (TPSA) is 42.9 Å². The van der Waals surface area contributed by atoms with Gasteiger partial charge in [-0.2, -0.15) is 0 Å². The van der Waals surface area contributed by atoms with Gasteiger partial charge in [0, 0.05) is 12.6 Å². The van der Waals surface area contributed by atoms with Crippen LogP contribution in [-0.4, -0.2) is 22.5 Å². The fraction of sp³-hybridized carbons (Fsp3) is 0.286. The van der Waals surface area contributed by atoms with Crippen molar-refractivity contribution in [3.63, 3.8) is 0 Å². The quantitative estimate of drug-likeness (QED) is 0.382. The Morgan fingerprint density at radius 1 is 1.73 bits per heavy atom. The molecule has 0 spiro atoms.